The largest absolute Gasteiger partial charge is 0.481 e. The molecular formula is C26H30N2O5. The maximum Gasteiger partial charge on any atom is 0.407 e. The standard InChI is InChI=1S/C26H30N2O5/c1-2-28(15-12-23(29)30)24(31)26(13-7-14-26)17-27-25(32)33-16-22-20-10-5-3-8-18(20)19-9-4-6-11-21(19)22/h3-6,8-11,22H,2,7,12-17H2,1H3,(H,27,32)(H,29,30). The van der Waals surface area contributed by atoms with Crippen molar-refractivity contribution < 1.29 is 24.2 Å². The zero-order valence-electron chi connectivity index (χ0n) is 18.9. The second kappa shape index (κ2) is 9.65. The van der Waals surface area contributed by atoms with Crippen LogP contribution in [0.3, 0.4) is 0 Å². The van der Waals surface area contributed by atoms with E-state index in [1.54, 1.807) is 4.90 Å². The number of rotatable bonds is 9. The molecule has 0 unspecified atom stereocenters. The first-order valence-corrected chi connectivity index (χ1v) is 11.6. The van der Waals surface area contributed by atoms with Crippen molar-refractivity contribution in [2.45, 2.75) is 38.5 Å². The molecule has 7 heteroatoms. The predicted molar refractivity (Wildman–Crippen MR) is 124 cm³/mol. The maximum atomic E-state index is 13.1. The summed E-state index contributed by atoms with van der Waals surface area (Å²) in [6.45, 7) is 2.88. The maximum absolute atomic E-state index is 13.1. The monoisotopic (exact) mass is 450 g/mol. The number of alkyl carbamates (subject to hydrolysis) is 1. The van der Waals surface area contributed by atoms with Crippen LogP contribution in [-0.2, 0) is 14.3 Å². The highest BCUT2D eigenvalue weighted by Crippen LogP contribution is 2.45. The number of carbonyl (C=O) groups excluding carboxylic acids is 2. The van der Waals surface area contributed by atoms with Crippen LogP contribution in [0.4, 0.5) is 4.79 Å². The molecule has 2 aromatic carbocycles. The Hall–Kier alpha value is -3.35. The minimum Gasteiger partial charge on any atom is -0.481 e. The minimum atomic E-state index is -0.930. The SMILES string of the molecule is CCN(CCC(=O)O)C(=O)C1(CNC(=O)OCC2c3ccccc3-c3ccccc32)CCC1. The lowest BCUT2D eigenvalue weighted by molar-refractivity contribution is -0.148. The third kappa shape index (κ3) is 4.58. The van der Waals surface area contributed by atoms with Gasteiger partial charge < -0.3 is 20.1 Å². The number of amides is 2. The van der Waals surface area contributed by atoms with Crippen molar-refractivity contribution in [2.75, 3.05) is 26.2 Å². The summed E-state index contributed by atoms with van der Waals surface area (Å²) >= 11 is 0. The van der Waals surface area contributed by atoms with E-state index in [-0.39, 0.29) is 37.9 Å². The van der Waals surface area contributed by atoms with Crippen molar-refractivity contribution >= 4 is 18.0 Å². The van der Waals surface area contributed by atoms with E-state index in [0.717, 1.165) is 17.5 Å². The van der Waals surface area contributed by atoms with Crippen LogP contribution in [0, 0.1) is 5.41 Å². The molecule has 7 nitrogen and oxygen atoms in total. The topological polar surface area (TPSA) is 95.9 Å². The highest BCUT2D eigenvalue weighted by Gasteiger charge is 2.46. The third-order valence-corrected chi connectivity index (χ3v) is 6.94. The quantitative estimate of drug-likeness (QED) is 0.602. The first kappa shape index (κ1) is 22.8. The van der Waals surface area contributed by atoms with Gasteiger partial charge in [-0.1, -0.05) is 55.0 Å². The van der Waals surface area contributed by atoms with Crippen LogP contribution in [-0.4, -0.2) is 54.2 Å². The molecule has 0 atom stereocenters. The second-order valence-electron chi connectivity index (χ2n) is 8.84. The third-order valence-electron chi connectivity index (χ3n) is 6.94. The van der Waals surface area contributed by atoms with Gasteiger partial charge in [-0.15, -0.1) is 0 Å². The molecule has 0 bridgehead atoms. The molecule has 33 heavy (non-hydrogen) atoms. The molecule has 0 radical (unpaired) electrons. The molecule has 4 rings (SSSR count). The summed E-state index contributed by atoms with van der Waals surface area (Å²) in [4.78, 5) is 38.1. The Kier molecular flexibility index (Phi) is 6.67. The number of hydrogen-bond acceptors (Lipinski definition) is 4. The molecule has 1 fully saturated rings. The van der Waals surface area contributed by atoms with Gasteiger partial charge in [-0.3, -0.25) is 9.59 Å². The molecule has 0 aliphatic heterocycles. The van der Waals surface area contributed by atoms with E-state index in [9.17, 15) is 14.4 Å². The minimum absolute atomic E-state index is 0.0194. The van der Waals surface area contributed by atoms with E-state index in [0.29, 0.717) is 19.4 Å². The predicted octanol–water partition coefficient (Wildman–Crippen LogP) is 4.02. The number of nitrogens with one attached hydrogen (secondary N) is 1. The van der Waals surface area contributed by atoms with Crippen LogP contribution < -0.4 is 5.32 Å². The van der Waals surface area contributed by atoms with Crippen LogP contribution in [0.5, 0.6) is 0 Å². The normalized spacial score (nSPS) is 15.7. The van der Waals surface area contributed by atoms with Gasteiger partial charge in [-0.25, -0.2) is 4.79 Å². The molecule has 0 aromatic heterocycles. The van der Waals surface area contributed by atoms with E-state index >= 15 is 0 Å². The number of benzene rings is 2. The van der Waals surface area contributed by atoms with Crippen molar-refractivity contribution in [3.8, 4) is 11.1 Å². The van der Waals surface area contributed by atoms with Gasteiger partial charge in [0, 0.05) is 25.6 Å². The smallest absolute Gasteiger partial charge is 0.407 e. The van der Waals surface area contributed by atoms with E-state index < -0.39 is 17.5 Å². The highest BCUT2D eigenvalue weighted by molar-refractivity contribution is 5.85. The summed E-state index contributed by atoms with van der Waals surface area (Å²) in [5.41, 5.74) is 3.97. The Balaban J connectivity index is 1.36. The highest BCUT2D eigenvalue weighted by atomic mass is 16.5. The van der Waals surface area contributed by atoms with Crippen molar-refractivity contribution in [2.24, 2.45) is 5.41 Å². The number of carbonyl (C=O) groups is 3. The van der Waals surface area contributed by atoms with Crippen molar-refractivity contribution in [1.82, 2.24) is 10.2 Å². The molecule has 2 aliphatic carbocycles. The lowest BCUT2D eigenvalue weighted by atomic mass is 9.67. The lowest BCUT2D eigenvalue weighted by Crippen LogP contribution is -2.54. The Morgan fingerprint density at radius 3 is 2.18 bits per heavy atom. The zero-order chi connectivity index (χ0) is 23.4. The van der Waals surface area contributed by atoms with E-state index in [2.05, 4.69) is 29.6 Å². The van der Waals surface area contributed by atoms with Crippen molar-refractivity contribution in [3.05, 3.63) is 59.7 Å². The van der Waals surface area contributed by atoms with E-state index in [4.69, 9.17) is 9.84 Å². The van der Waals surface area contributed by atoms with Crippen molar-refractivity contribution in [1.29, 1.82) is 0 Å². The fraction of sp³-hybridized carbons (Fsp3) is 0.423. The number of hydrogen-bond donors (Lipinski definition) is 2. The average Bonchev–Trinajstić information content (AvgIpc) is 3.11. The van der Waals surface area contributed by atoms with Gasteiger partial charge >= 0.3 is 12.1 Å². The number of fused-ring (bicyclic) bond motifs is 3. The molecule has 0 heterocycles. The summed E-state index contributed by atoms with van der Waals surface area (Å²) in [5, 5.41) is 11.7. The molecule has 2 N–H and O–H groups in total. The Labute approximate surface area is 193 Å². The summed E-state index contributed by atoms with van der Waals surface area (Å²) in [6, 6.07) is 16.3. The molecule has 0 saturated heterocycles. The first-order chi connectivity index (χ1) is 15.9. The van der Waals surface area contributed by atoms with Crippen LogP contribution in [0.25, 0.3) is 11.1 Å². The Morgan fingerprint density at radius 2 is 1.67 bits per heavy atom. The first-order valence-electron chi connectivity index (χ1n) is 11.6. The van der Waals surface area contributed by atoms with Gasteiger partial charge in [-0.05, 0) is 42.0 Å². The molecule has 174 valence electrons. The van der Waals surface area contributed by atoms with Crippen LogP contribution in [0.2, 0.25) is 0 Å². The lowest BCUT2D eigenvalue weighted by Gasteiger charge is -2.43. The molecule has 1 saturated carbocycles. The van der Waals surface area contributed by atoms with Gasteiger partial charge in [0.05, 0.1) is 11.8 Å². The zero-order valence-corrected chi connectivity index (χ0v) is 18.9. The van der Waals surface area contributed by atoms with Gasteiger partial charge in [0.25, 0.3) is 0 Å². The number of aliphatic carboxylic acids is 1. The summed E-state index contributed by atoms with van der Waals surface area (Å²) in [6.07, 6.45) is 1.65. The van der Waals surface area contributed by atoms with Crippen molar-refractivity contribution in [3.63, 3.8) is 0 Å². The fourth-order valence-electron chi connectivity index (χ4n) is 4.93. The fourth-order valence-corrected chi connectivity index (χ4v) is 4.93. The van der Waals surface area contributed by atoms with Gasteiger partial charge in [0.15, 0.2) is 0 Å². The van der Waals surface area contributed by atoms with Gasteiger partial charge in [0.2, 0.25) is 5.91 Å². The Morgan fingerprint density at radius 1 is 1.06 bits per heavy atom. The van der Waals surface area contributed by atoms with Crippen LogP contribution in [0.1, 0.15) is 49.7 Å². The number of ether oxygens (including phenoxy) is 1. The number of nitrogens with zero attached hydrogens (tertiary/aromatic N) is 1. The molecule has 0 spiro atoms. The molecule has 2 amide bonds. The molecule has 2 aromatic rings. The molecule has 2 aliphatic rings. The summed E-state index contributed by atoms with van der Waals surface area (Å²) in [7, 11) is 0. The Bertz CT molecular complexity index is 1000. The van der Waals surface area contributed by atoms with Gasteiger partial charge in [-0.2, -0.15) is 0 Å². The second-order valence-corrected chi connectivity index (χ2v) is 8.84. The average molecular weight is 451 g/mol. The number of carboxylic acid groups (broad SMARTS) is 1. The van der Waals surface area contributed by atoms with Crippen LogP contribution in [0.15, 0.2) is 48.5 Å². The number of carboxylic acids is 1. The van der Waals surface area contributed by atoms with Crippen LogP contribution >= 0.6 is 0 Å². The molecular weight excluding hydrogens is 420 g/mol. The van der Waals surface area contributed by atoms with Gasteiger partial charge in [0.1, 0.15) is 6.61 Å². The van der Waals surface area contributed by atoms with E-state index in [1.165, 1.54) is 11.1 Å². The summed E-state index contributed by atoms with van der Waals surface area (Å²) in [5.74, 6) is -1.04. The summed E-state index contributed by atoms with van der Waals surface area (Å²) < 4.78 is 5.60. The van der Waals surface area contributed by atoms with E-state index in [1.807, 2.05) is 31.2 Å².